The highest BCUT2D eigenvalue weighted by molar-refractivity contribution is 5.78. The number of aromatic nitrogens is 2. The Kier molecular flexibility index (Phi) is 4.36. The van der Waals surface area contributed by atoms with Crippen molar-refractivity contribution in [1.29, 1.82) is 0 Å². The Hall–Kier alpha value is -1.36. The van der Waals surface area contributed by atoms with E-state index in [1.54, 1.807) is 6.20 Å². The number of nitrogens with one attached hydrogen (secondary N) is 1. The van der Waals surface area contributed by atoms with Gasteiger partial charge in [0.05, 0.1) is 13.1 Å². The quantitative estimate of drug-likeness (QED) is 0.781. The molecule has 1 amide bonds. The van der Waals surface area contributed by atoms with E-state index in [1.807, 2.05) is 28.8 Å². The molecule has 2 rings (SSSR count). The van der Waals surface area contributed by atoms with Gasteiger partial charge in [-0.1, -0.05) is 0 Å². The lowest BCUT2D eigenvalue weighted by atomic mass is 10.3. The molecule has 1 saturated carbocycles. The standard InChI is InChI=1S/C13H22N4O/c1-3-17(12-5-6-12)13(18)9-14-11(2)10-16-8-4-7-15-16/h4,7-8,11-12,14H,3,5-6,9-10H2,1-2H3/t11-/m1/s1. The van der Waals surface area contributed by atoms with Gasteiger partial charge in [-0.25, -0.2) is 0 Å². The van der Waals surface area contributed by atoms with E-state index in [0.29, 0.717) is 12.6 Å². The van der Waals surface area contributed by atoms with Crippen molar-refractivity contribution in [1.82, 2.24) is 20.0 Å². The minimum atomic E-state index is 0.215. The maximum atomic E-state index is 12.0. The van der Waals surface area contributed by atoms with Crippen LogP contribution in [0.15, 0.2) is 18.5 Å². The van der Waals surface area contributed by atoms with Crippen LogP contribution in [0.2, 0.25) is 0 Å². The van der Waals surface area contributed by atoms with Gasteiger partial charge >= 0.3 is 0 Å². The second-order valence-electron chi connectivity index (χ2n) is 4.92. The number of hydrogen-bond acceptors (Lipinski definition) is 3. The van der Waals surface area contributed by atoms with Crippen molar-refractivity contribution in [3.63, 3.8) is 0 Å². The third-order valence-corrected chi connectivity index (χ3v) is 3.27. The van der Waals surface area contributed by atoms with Gasteiger partial charge in [0.1, 0.15) is 0 Å². The molecule has 5 heteroatoms. The molecule has 1 atom stereocenters. The summed E-state index contributed by atoms with van der Waals surface area (Å²) in [5.41, 5.74) is 0. The first-order valence-electron chi connectivity index (χ1n) is 6.71. The largest absolute Gasteiger partial charge is 0.339 e. The summed E-state index contributed by atoms with van der Waals surface area (Å²) in [6.07, 6.45) is 6.04. The second kappa shape index (κ2) is 6.00. The molecular formula is C13H22N4O. The van der Waals surface area contributed by atoms with Gasteiger partial charge in [-0.15, -0.1) is 0 Å². The highest BCUT2D eigenvalue weighted by atomic mass is 16.2. The normalized spacial score (nSPS) is 16.6. The molecule has 1 aliphatic carbocycles. The van der Waals surface area contributed by atoms with E-state index in [2.05, 4.69) is 17.3 Å². The summed E-state index contributed by atoms with van der Waals surface area (Å²) in [5, 5.41) is 7.42. The zero-order valence-corrected chi connectivity index (χ0v) is 11.2. The molecule has 0 spiro atoms. The number of nitrogens with zero attached hydrogens (tertiary/aromatic N) is 3. The molecule has 0 radical (unpaired) electrons. The van der Waals surface area contributed by atoms with E-state index < -0.39 is 0 Å². The van der Waals surface area contributed by atoms with Crippen molar-refractivity contribution in [3.05, 3.63) is 18.5 Å². The summed E-state index contributed by atoms with van der Waals surface area (Å²) in [6.45, 7) is 6.15. The monoisotopic (exact) mass is 250 g/mol. The summed E-state index contributed by atoms with van der Waals surface area (Å²) in [7, 11) is 0. The van der Waals surface area contributed by atoms with Gasteiger partial charge < -0.3 is 10.2 Å². The van der Waals surface area contributed by atoms with Gasteiger partial charge in [0.25, 0.3) is 0 Å². The molecule has 1 fully saturated rings. The molecule has 0 aromatic carbocycles. The fourth-order valence-corrected chi connectivity index (χ4v) is 2.14. The molecule has 0 unspecified atom stereocenters. The maximum absolute atomic E-state index is 12.0. The van der Waals surface area contributed by atoms with Crippen LogP contribution in [0.25, 0.3) is 0 Å². The summed E-state index contributed by atoms with van der Waals surface area (Å²) in [4.78, 5) is 14.0. The maximum Gasteiger partial charge on any atom is 0.236 e. The predicted octanol–water partition coefficient (Wildman–Crippen LogP) is 0.872. The van der Waals surface area contributed by atoms with Crippen LogP contribution in [0.4, 0.5) is 0 Å². The number of carbonyl (C=O) groups is 1. The van der Waals surface area contributed by atoms with Crippen LogP contribution in [0, 0.1) is 0 Å². The lowest BCUT2D eigenvalue weighted by Crippen LogP contribution is -2.43. The van der Waals surface area contributed by atoms with Crippen molar-refractivity contribution in [3.8, 4) is 0 Å². The number of hydrogen-bond donors (Lipinski definition) is 1. The Morgan fingerprint density at radius 2 is 2.39 bits per heavy atom. The van der Waals surface area contributed by atoms with Crippen LogP contribution in [0.3, 0.4) is 0 Å². The van der Waals surface area contributed by atoms with E-state index in [1.165, 1.54) is 12.8 Å². The zero-order valence-electron chi connectivity index (χ0n) is 11.2. The van der Waals surface area contributed by atoms with E-state index in [9.17, 15) is 4.79 Å². The van der Waals surface area contributed by atoms with Crippen LogP contribution in [0.1, 0.15) is 26.7 Å². The van der Waals surface area contributed by atoms with Crippen LogP contribution in [0.5, 0.6) is 0 Å². The van der Waals surface area contributed by atoms with E-state index in [0.717, 1.165) is 13.1 Å². The molecule has 1 N–H and O–H groups in total. The fraction of sp³-hybridized carbons (Fsp3) is 0.692. The Morgan fingerprint density at radius 3 is 2.94 bits per heavy atom. The van der Waals surface area contributed by atoms with Gasteiger partial charge in [0.15, 0.2) is 0 Å². The number of amides is 1. The van der Waals surface area contributed by atoms with Crippen molar-refractivity contribution < 1.29 is 4.79 Å². The summed E-state index contributed by atoms with van der Waals surface area (Å²) in [6, 6.07) is 2.65. The van der Waals surface area contributed by atoms with Gasteiger partial charge in [0.2, 0.25) is 5.91 Å². The Morgan fingerprint density at radius 1 is 1.61 bits per heavy atom. The summed E-state index contributed by atoms with van der Waals surface area (Å²) in [5.74, 6) is 0.215. The number of likely N-dealkylation sites (N-methyl/N-ethyl adjacent to an activating group) is 1. The minimum Gasteiger partial charge on any atom is -0.339 e. The van der Waals surface area contributed by atoms with Gasteiger partial charge in [-0.05, 0) is 32.8 Å². The molecule has 1 heterocycles. The Bertz CT molecular complexity index is 372. The molecule has 1 aromatic rings. The predicted molar refractivity (Wildman–Crippen MR) is 70.1 cm³/mol. The second-order valence-corrected chi connectivity index (χ2v) is 4.92. The lowest BCUT2D eigenvalue weighted by Gasteiger charge is -2.22. The molecule has 5 nitrogen and oxygen atoms in total. The van der Waals surface area contributed by atoms with Crippen LogP contribution in [-0.2, 0) is 11.3 Å². The Balaban J connectivity index is 1.71. The molecule has 1 aromatic heterocycles. The Labute approximate surface area is 108 Å². The van der Waals surface area contributed by atoms with Crippen molar-refractivity contribution in [2.45, 2.75) is 45.3 Å². The molecule has 0 saturated heterocycles. The average molecular weight is 250 g/mol. The van der Waals surface area contributed by atoms with Gasteiger partial charge in [-0.3, -0.25) is 9.48 Å². The number of rotatable bonds is 7. The van der Waals surface area contributed by atoms with E-state index in [4.69, 9.17) is 0 Å². The molecule has 0 bridgehead atoms. The molecular weight excluding hydrogens is 228 g/mol. The van der Waals surface area contributed by atoms with Crippen molar-refractivity contribution in [2.75, 3.05) is 13.1 Å². The SMILES string of the molecule is CCN(C(=O)CN[C@H](C)Cn1cccn1)C1CC1. The van der Waals surface area contributed by atoms with E-state index in [-0.39, 0.29) is 11.9 Å². The number of carbonyl (C=O) groups excluding carboxylic acids is 1. The smallest absolute Gasteiger partial charge is 0.236 e. The zero-order chi connectivity index (χ0) is 13.0. The van der Waals surface area contributed by atoms with Crippen LogP contribution >= 0.6 is 0 Å². The van der Waals surface area contributed by atoms with Crippen molar-refractivity contribution >= 4 is 5.91 Å². The van der Waals surface area contributed by atoms with Gasteiger partial charge in [0, 0.05) is 31.0 Å². The van der Waals surface area contributed by atoms with E-state index >= 15 is 0 Å². The van der Waals surface area contributed by atoms with Crippen LogP contribution in [-0.4, -0.2) is 45.8 Å². The molecule has 0 aliphatic heterocycles. The fourth-order valence-electron chi connectivity index (χ4n) is 2.14. The first-order valence-corrected chi connectivity index (χ1v) is 6.71. The average Bonchev–Trinajstić information content (AvgIpc) is 3.05. The first-order chi connectivity index (χ1) is 8.70. The minimum absolute atomic E-state index is 0.215. The molecule has 18 heavy (non-hydrogen) atoms. The topological polar surface area (TPSA) is 50.2 Å². The highest BCUT2D eigenvalue weighted by Crippen LogP contribution is 2.26. The first kappa shape index (κ1) is 13.1. The third kappa shape index (κ3) is 3.57. The van der Waals surface area contributed by atoms with Crippen LogP contribution < -0.4 is 5.32 Å². The van der Waals surface area contributed by atoms with Crippen molar-refractivity contribution in [2.24, 2.45) is 0 Å². The lowest BCUT2D eigenvalue weighted by molar-refractivity contribution is -0.130. The summed E-state index contributed by atoms with van der Waals surface area (Å²) >= 11 is 0. The third-order valence-electron chi connectivity index (χ3n) is 3.27. The molecule has 100 valence electrons. The highest BCUT2D eigenvalue weighted by Gasteiger charge is 2.30. The molecule has 1 aliphatic rings. The summed E-state index contributed by atoms with van der Waals surface area (Å²) < 4.78 is 1.88. The van der Waals surface area contributed by atoms with Gasteiger partial charge in [-0.2, -0.15) is 5.10 Å².